The third-order valence-electron chi connectivity index (χ3n) is 5.09. The molecule has 0 radical (unpaired) electrons. The van der Waals surface area contributed by atoms with Crippen LogP contribution >= 0.6 is 23.2 Å². The Kier molecular flexibility index (Phi) is 8.00. The lowest BCUT2D eigenvalue weighted by atomic mass is 9.85. The number of alkyl halides is 3. The molecule has 9 heteroatoms. The Bertz CT molecular complexity index is 979. The molecular formula is C22H22Cl2F3NO3. The Morgan fingerprint density at radius 3 is 2.23 bits per heavy atom. The Balaban J connectivity index is 2.39. The van der Waals surface area contributed by atoms with Gasteiger partial charge in [0, 0.05) is 5.02 Å². The minimum atomic E-state index is -4.61. The second-order valence-electron chi connectivity index (χ2n) is 7.56. The molecule has 0 aliphatic carbocycles. The van der Waals surface area contributed by atoms with Gasteiger partial charge in [0.15, 0.2) is 0 Å². The molecule has 4 nitrogen and oxygen atoms in total. The molecule has 0 aliphatic heterocycles. The minimum absolute atomic E-state index is 0.117. The lowest BCUT2D eigenvalue weighted by molar-refractivity contribution is -0.178. The van der Waals surface area contributed by atoms with Crippen molar-refractivity contribution in [1.82, 2.24) is 0 Å². The summed E-state index contributed by atoms with van der Waals surface area (Å²) in [5.74, 6) is -6.05. The lowest BCUT2D eigenvalue weighted by Gasteiger charge is -2.26. The number of anilines is 1. The zero-order valence-electron chi connectivity index (χ0n) is 17.1. The first-order chi connectivity index (χ1) is 14.3. The van der Waals surface area contributed by atoms with Crippen LogP contribution in [0.2, 0.25) is 10.0 Å². The van der Waals surface area contributed by atoms with Crippen LogP contribution in [0.1, 0.15) is 36.5 Å². The minimum Gasteiger partial charge on any atom is -0.481 e. The largest absolute Gasteiger partial charge is 0.481 e. The van der Waals surface area contributed by atoms with E-state index in [9.17, 15) is 22.8 Å². The summed E-state index contributed by atoms with van der Waals surface area (Å²) in [5.41, 5.74) is 1.43. The number of amides is 1. The summed E-state index contributed by atoms with van der Waals surface area (Å²) in [4.78, 5) is 24.1. The number of hydrogen-bond acceptors (Lipinski definition) is 2. The molecule has 2 aromatic rings. The first kappa shape index (κ1) is 25.0. The molecule has 2 rings (SSSR count). The second-order valence-corrected chi connectivity index (χ2v) is 8.38. The monoisotopic (exact) mass is 475 g/mol. The molecule has 0 spiro atoms. The molecule has 2 N–H and O–H groups in total. The molecule has 0 aromatic heterocycles. The molecule has 0 aliphatic rings. The first-order valence-corrected chi connectivity index (χ1v) is 10.2. The zero-order chi connectivity index (χ0) is 23.5. The fourth-order valence-electron chi connectivity index (χ4n) is 3.16. The quantitative estimate of drug-likeness (QED) is 0.481. The number of nitrogens with one attached hydrogen (secondary N) is 1. The van der Waals surface area contributed by atoms with Crippen LogP contribution in [0, 0.1) is 18.8 Å². The van der Waals surface area contributed by atoms with Gasteiger partial charge in [-0.05, 0) is 48.2 Å². The Labute approximate surface area is 188 Å². The van der Waals surface area contributed by atoms with E-state index in [1.165, 1.54) is 37.3 Å². The van der Waals surface area contributed by atoms with Gasteiger partial charge in [-0.15, -0.1) is 0 Å². The van der Waals surface area contributed by atoms with Gasteiger partial charge >= 0.3 is 12.1 Å². The van der Waals surface area contributed by atoms with E-state index in [1.54, 1.807) is 13.0 Å². The Hall–Kier alpha value is -2.25. The predicted molar refractivity (Wildman–Crippen MR) is 115 cm³/mol. The lowest BCUT2D eigenvalue weighted by Crippen LogP contribution is -2.34. The van der Waals surface area contributed by atoms with E-state index in [0.717, 1.165) is 6.92 Å². The van der Waals surface area contributed by atoms with Crippen LogP contribution in [0.5, 0.6) is 0 Å². The molecular weight excluding hydrogens is 454 g/mol. The maximum atomic E-state index is 13.5. The second kappa shape index (κ2) is 9.92. The molecule has 0 heterocycles. The number of aryl methyl sites for hydroxylation is 1. The fraction of sp³-hybridized carbons (Fsp3) is 0.364. The molecule has 0 saturated carbocycles. The van der Waals surface area contributed by atoms with Crippen molar-refractivity contribution in [1.29, 1.82) is 0 Å². The van der Waals surface area contributed by atoms with Crippen LogP contribution in [0.25, 0.3) is 0 Å². The van der Waals surface area contributed by atoms with Crippen LogP contribution in [-0.2, 0) is 16.0 Å². The normalized spacial score (nSPS) is 14.6. The summed E-state index contributed by atoms with van der Waals surface area (Å²) in [6.45, 7) is 4.11. The third kappa shape index (κ3) is 6.37. The van der Waals surface area contributed by atoms with E-state index >= 15 is 0 Å². The molecule has 168 valence electrons. The van der Waals surface area contributed by atoms with Gasteiger partial charge < -0.3 is 10.4 Å². The molecule has 0 saturated heterocycles. The summed E-state index contributed by atoms with van der Waals surface area (Å²) in [6.07, 6.45) is -4.44. The van der Waals surface area contributed by atoms with Crippen LogP contribution in [0.15, 0.2) is 36.4 Å². The van der Waals surface area contributed by atoms with Crippen molar-refractivity contribution in [3.05, 3.63) is 63.1 Å². The number of carboxylic acid groups (broad SMARTS) is 1. The van der Waals surface area contributed by atoms with Crippen molar-refractivity contribution >= 4 is 40.8 Å². The molecule has 2 aromatic carbocycles. The van der Waals surface area contributed by atoms with E-state index < -0.39 is 35.8 Å². The highest BCUT2D eigenvalue weighted by Gasteiger charge is 2.45. The number of hydrogen-bond donors (Lipinski definition) is 2. The van der Waals surface area contributed by atoms with Gasteiger partial charge in [-0.1, -0.05) is 55.2 Å². The summed E-state index contributed by atoms with van der Waals surface area (Å²) in [5, 5.41) is 12.1. The fourth-order valence-corrected chi connectivity index (χ4v) is 3.45. The molecule has 31 heavy (non-hydrogen) atoms. The third-order valence-corrected chi connectivity index (χ3v) is 5.85. The van der Waals surface area contributed by atoms with Gasteiger partial charge in [-0.2, -0.15) is 13.2 Å². The molecule has 3 atom stereocenters. The summed E-state index contributed by atoms with van der Waals surface area (Å²) in [6, 6.07) is 8.86. The van der Waals surface area contributed by atoms with Gasteiger partial charge in [-0.3, -0.25) is 9.59 Å². The van der Waals surface area contributed by atoms with Crippen molar-refractivity contribution in [2.45, 2.75) is 39.3 Å². The van der Waals surface area contributed by atoms with Crippen molar-refractivity contribution in [3.8, 4) is 0 Å². The average Bonchev–Trinajstić information content (AvgIpc) is 2.66. The predicted octanol–water partition coefficient (Wildman–Crippen LogP) is 6.49. The van der Waals surface area contributed by atoms with Crippen LogP contribution in [-0.4, -0.2) is 23.2 Å². The number of halogens is 5. The highest BCUT2D eigenvalue weighted by molar-refractivity contribution is 6.33. The number of rotatable bonds is 7. The number of carbonyl (C=O) groups is 2. The van der Waals surface area contributed by atoms with Crippen LogP contribution in [0.4, 0.5) is 18.9 Å². The smallest absolute Gasteiger partial charge is 0.392 e. The van der Waals surface area contributed by atoms with E-state index in [0.29, 0.717) is 16.1 Å². The number of carbonyl (C=O) groups excluding carboxylic acids is 1. The molecule has 3 unspecified atom stereocenters. The van der Waals surface area contributed by atoms with Gasteiger partial charge in [0.05, 0.1) is 28.5 Å². The van der Waals surface area contributed by atoms with Gasteiger partial charge in [-0.25, -0.2) is 0 Å². The number of aliphatic carboxylic acids is 1. The summed E-state index contributed by atoms with van der Waals surface area (Å²) < 4.78 is 40.6. The highest BCUT2D eigenvalue weighted by atomic mass is 35.5. The Morgan fingerprint density at radius 2 is 1.68 bits per heavy atom. The first-order valence-electron chi connectivity index (χ1n) is 9.46. The van der Waals surface area contributed by atoms with E-state index in [1.807, 2.05) is 0 Å². The SMILES string of the molecule is Cc1cc(C(C(=O)Nc2cc(CC(C)C(=O)O)ccc2Cl)C(C)C(F)(F)F)ccc1Cl. The van der Waals surface area contributed by atoms with E-state index in [2.05, 4.69) is 5.32 Å². The maximum Gasteiger partial charge on any atom is 0.392 e. The van der Waals surface area contributed by atoms with Gasteiger partial charge in [0.1, 0.15) is 0 Å². The van der Waals surface area contributed by atoms with Gasteiger partial charge in [0.25, 0.3) is 0 Å². The van der Waals surface area contributed by atoms with Crippen molar-refractivity contribution in [2.24, 2.45) is 11.8 Å². The summed E-state index contributed by atoms with van der Waals surface area (Å²) >= 11 is 12.1. The van der Waals surface area contributed by atoms with E-state index in [-0.39, 0.29) is 22.7 Å². The standard InChI is InChI=1S/C22H22Cl2F3NO3/c1-11-9-15(5-7-16(11)23)19(13(3)22(25,26)27)20(29)28-18-10-14(4-6-17(18)24)8-12(2)21(30)31/h4-7,9-10,12-13,19H,8H2,1-3H3,(H,28,29)(H,30,31). The van der Waals surface area contributed by atoms with Crippen molar-refractivity contribution in [2.75, 3.05) is 5.32 Å². The van der Waals surface area contributed by atoms with Crippen molar-refractivity contribution < 1.29 is 27.9 Å². The van der Waals surface area contributed by atoms with Crippen molar-refractivity contribution in [3.63, 3.8) is 0 Å². The Morgan fingerprint density at radius 1 is 1.06 bits per heavy atom. The highest BCUT2D eigenvalue weighted by Crippen LogP contribution is 2.39. The topological polar surface area (TPSA) is 66.4 Å². The number of benzene rings is 2. The van der Waals surface area contributed by atoms with Crippen LogP contribution < -0.4 is 5.32 Å². The molecule has 0 bridgehead atoms. The maximum absolute atomic E-state index is 13.5. The number of carboxylic acids is 1. The zero-order valence-corrected chi connectivity index (χ0v) is 18.6. The van der Waals surface area contributed by atoms with Crippen LogP contribution in [0.3, 0.4) is 0 Å². The molecule has 0 fully saturated rings. The van der Waals surface area contributed by atoms with E-state index in [4.69, 9.17) is 28.3 Å². The average molecular weight is 476 g/mol. The van der Waals surface area contributed by atoms with Gasteiger partial charge in [0.2, 0.25) is 5.91 Å². The summed E-state index contributed by atoms with van der Waals surface area (Å²) in [7, 11) is 0. The molecule has 1 amide bonds.